The first-order valence-electron chi connectivity index (χ1n) is 13.4. The summed E-state index contributed by atoms with van der Waals surface area (Å²) in [5.74, 6) is -3.32. The summed E-state index contributed by atoms with van der Waals surface area (Å²) >= 11 is 0. The molecule has 0 saturated carbocycles. The molecule has 1 N–H and O–H groups in total. The fraction of sp³-hybridized carbons (Fsp3) is 0.333. The third kappa shape index (κ3) is 9.86. The number of nitrogens with one attached hydrogen (secondary N) is 1. The Kier molecular flexibility index (Phi) is 11.8. The van der Waals surface area contributed by atoms with E-state index in [1.807, 2.05) is 36.4 Å². The smallest absolute Gasteiger partial charge is 0.303 e. The van der Waals surface area contributed by atoms with Gasteiger partial charge in [-0.2, -0.15) is 5.10 Å². The topological polar surface area (TPSA) is 182 Å². The highest BCUT2D eigenvalue weighted by atomic mass is 16.6. The van der Waals surface area contributed by atoms with Gasteiger partial charge in [-0.05, 0) is 12.1 Å². The largest absolute Gasteiger partial charge is 0.462 e. The quantitative estimate of drug-likeness (QED) is 0.129. The Labute approximate surface area is 252 Å². The molecule has 0 radical (unpaired) electrons. The molecular formula is C30H32N4O10. The van der Waals surface area contributed by atoms with E-state index in [1.165, 1.54) is 0 Å². The minimum atomic E-state index is -1.60. The number of anilines is 1. The van der Waals surface area contributed by atoms with Gasteiger partial charge in [-0.25, -0.2) is 9.97 Å². The number of esters is 5. The van der Waals surface area contributed by atoms with E-state index in [4.69, 9.17) is 23.7 Å². The molecule has 232 valence electrons. The maximum Gasteiger partial charge on any atom is 0.303 e. The van der Waals surface area contributed by atoms with Crippen molar-refractivity contribution in [3.63, 3.8) is 0 Å². The molecule has 1 heterocycles. The second kappa shape index (κ2) is 15.7. The lowest BCUT2D eigenvalue weighted by Crippen LogP contribution is -2.53. The molecule has 2 aromatic carbocycles. The summed E-state index contributed by atoms with van der Waals surface area (Å²) in [5, 5.41) is 4.82. The van der Waals surface area contributed by atoms with Gasteiger partial charge >= 0.3 is 29.8 Å². The van der Waals surface area contributed by atoms with Crippen molar-refractivity contribution in [2.45, 2.75) is 59.0 Å². The Morgan fingerprint density at radius 3 is 1.93 bits per heavy atom. The molecule has 0 amide bonds. The molecule has 4 atom stereocenters. The molecule has 0 fully saturated rings. The second-order valence-corrected chi connectivity index (χ2v) is 9.34. The summed E-state index contributed by atoms with van der Waals surface area (Å²) in [7, 11) is 0. The number of carbonyl (C=O) groups excluding carboxylic acids is 5. The van der Waals surface area contributed by atoms with Crippen LogP contribution in [0.25, 0.3) is 22.3 Å². The van der Waals surface area contributed by atoms with Crippen LogP contribution in [0.1, 0.15) is 34.6 Å². The monoisotopic (exact) mass is 608 g/mol. The maximum atomic E-state index is 12.2. The summed E-state index contributed by atoms with van der Waals surface area (Å²) in [6, 6.07) is 16.5. The number of hydrazone groups is 1. The van der Waals surface area contributed by atoms with E-state index in [0.717, 1.165) is 46.4 Å². The van der Waals surface area contributed by atoms with E-state index in [2.05, 4.69) is 20.5 Å². The van der Waals surface area contributed by atoms with Crippen LogP contribution in [0.5, 0.6) is 0 Å². The highest BCUT2D eigenvalue weighted by Gasteiger charge is 2.43. The number of benzene rings is 2. The lowest BCUT2D eigenvalue weighted by molar-refractivity contribution is -0.197. The van der Waals surface area contributed by atoms with Crippen molar-refractivity contribution in [1.82, 2.24) is 9.97 Å². The molecule has 14 nitrogen and oxygen atoms in total. The fourth-order valence-corrected chi connectivity index (χ4v) is 4.09. The molecule has 0 aliphatic carbocycles. The predicted octanol–water partition coefficient (Wildman–Crippen LogP) is 2.98. The van der Waals surface area contributed by atoms with Crippen molar-refractivity contribution in [3.8, 4) is 11.4 Å². The lowest BCUT2D eigenvalue weighted by atomic mass is 10.0. The normalized spacial score (nSPS) is 13.7. The van der Waals surface area contributed by atoms with Crippen molar-refractivity contribution >= 4 is 52.8 Å². The predicted molar refractivity (Wildman–Crippen MR) is 156 cm³/mol. The molecule has 3 rings (SSSR count). The second-order valence-electron chi connectivity index (χ2n) is 9.34. The van der Waals surface area contributed by atoms with Crippen molar-refractivity contribution in [1.29, 1.82) is 0 Å². The van der Waals surface area contributed by atoms with Gasteiger partial charge in [-0.3, -0.25) is 29.4 Å². The van der Waals surface area contributed by atoms with Crippen LogP contribution in [0.15, 0.2) is 59.7 Å². The summed E-state index contributed by atoms with van der Waals surface area (Å²) in [6.07, 6.45) is -5.05. The highest BCUT2D eigenvalue weighted by molar-refractivity contribution is 5.90. The fourth-order valence-electron chi connectivity index (χ4n) is 4.09. The van der Waals surface area contributed by atoms with Crippen molar-refractivity contribution < 1.29 is 47.7 Å². The van der Waals surface area contributed by atoms with Gasteiger partial charge in [0.1, 0.15) is 6.61 Å². The Morgan fingerprint density at radius 2 is 1.32 bits per heavy atom. The number of hydrogen-bond acceptors (Lipinski definition) is 14. The molecule has 0 saturated heterocycles. The standard InChI is InChI=1S/C30H32N4O10/c1-17(35)40-16-26(42-19(3)37)28(44-21(5)39)27(43-20(4)38)25(41-18(2)36)15-31-34-30-23-13-9-10-14-24(23)32-29(33-30)22-11-7-6-8-12-22/h6-15,25-28H,16H2,1-5H3,(H,32,33,34)/b31-15+/t25-,26+,27+,28+/m0/s1. The third-order valence-electron chi connectivity index (χ3n) is 5.72. The van der Waals surface area contributed by atoms with Gasteiger partial charge in [-0.1, -0.05) is 42.5 Å². The zero-order valence-corrected chi connectivity index (χ0v) is 24.7. The van der Waals surface area contributed by atoms with Gasteiger partial charge in [0.15, 0.2) is 36.1 Å². The summed E-state index contributed by atoms with van der Waals surface area (Å²) in [4.78, 5) is 69.1. The van der Waals surface area contributed by atoms with Crippen LogP contribution in [0.4, 0.5) is 5.82 Å². The van der Waals surface area contributed by atoms with Crippen molar-refractivity contribution in [2.24, 2.45) is 5.10 Å². The Balaban J connectivity index is 2.04. The van der Waals surface area contributed by atoms with E-state index in [1.54, 1.807) is 18.2 Å². The van der Waals surface area contributed by atoms with E-state index < -0.39 is 60.9 Å². The molecule has 1 aromatic heterocycles. The zero-order chi connectivity index (χ0) is 32.2. The average molecular weight is 609 g/mol. The highest BCUT2D eigenvalue weighted by Crippen LogP contribution is 2.25. The first-order chi connectivity index (χ1) is 20.9. The summed E-state index contributed by atoms with van der Waals surface area (Å²) in [6.45, 7) is 4.87. The zero-order valence-electron chi connectivity index (χ0n) is 24.7. The van der Waals surface area contributed by atoms with Crippen LogP contribution in [-0.2, 0) is 47.7 Å². The van der Waals surface area contributed by atoms with Gasteiger partial charge in [-0.15, -0.1) is 0 Å². The van der Waals surface area contributed by atoms with E-state index in [9.17, 15) is 24.0 Å². The van der Waals surface area contributed by atoms with E-state index in [-0.39, 0.29) is 0 Å². The number of para-hydroxylation sites is 1. The number of aromatic nitrogens is 2. The molecule has 0 bridgehead atoms. The van der Waals surface area contributed by atoms with Crippen LogP contribution in [0, 0.1) is 0 Å². The van der Waals surface area contributed by atoms with Crippen LogP contribution < -0.4 is 5.43 Å². The molecule has 0 spiro atoms. The number of carbonyl (C=O) groups is 5. The Morgan fingerprint density at radius 1 is 0.727 bits per heavy atom. The van der Waals surface area contributed by atoms with E-state index in [0.29, 0.717) is 22.5 Å². The molecule has 44 heavy (non-hydrogen) atoms. The number of nitrogens with zero attached hydrogens (tertiary/aromatic N) is 3. The van der Waals surface area contributed by atoms with Crippen LogP contribution >= 0.6 is 0 Å². The molecule has 0 aliphatic rings. The third-order valence-corrected chi connectivity index (χ3v) is 5.72. The van der Waals surface area contributed by atoms with Crippen molar-refractivity contribution in [3.05, 3.63) is 54.6 Å². The molecule has 14 heteroatoms. The van der Waals surface area contributed by atoms with Crippen molar-refractivity contribution in [2.75, 3.05) is 12.0 Å². The first kappa shape index (κ1) is 33.1. The van der Waals surface area contributed by atoms with Gasteiger partial charge in [0.05, 0.1) is 11.7 Å². The van der Waals surface area contributed by atoms with Crippen LogP contribution in [0.3, 0.4) is 0 Å². The van der Waals surface area contributed by atoms with Gasteiger partial charge in [0.2, 0.25) is 0 Å². The van der Waals surface area contributed by atoms with Gasteiger partial charge in [0, 0.05) is 45.6 Å². The first-order valence-corrected chi connectivity index (χ1v) is 13.4. The summed E-state index contributed by atoms with van der Waals surface area (Å²) < 4.78 is 26.5. The minimum Gasteiger partial charge on any atom is -0.462 e. The van der Waals surface area contributed by atoms with Crippen LogP contribution in [-0.4, -0.2) is 77.1 Å². The molecule has 0 unspecified atom stereocenters. The molecular weight excluding hydrogens is 576 g/mol. The minimum absolute atomic E-state index is 0.306. The molecule has 3 aromatic rings. The summed E-state index contributed by atoms with van der Waals surface area (Å²) in [5.41, 5.74) is 4.19. The SMILES string of the molecule is CC(=O)OC[C@@H](OC(C)=O)[C@@H](OC(C)=O)[C@H](OC(C)=O)[C@H](/C=N/Nc1nc(-c2ccccc2)nc2ccccc12)OC(C)=O. The van der Waals surface area contributed by atoms with Gasteiger partial charge < -0.3 is 23.7 Å². The number of ether oxygens (including phenoxy) is 5. The number of fused-ring (bicyclic) bond motifs is 1. The average Bonchev–Trinajstić information content (AvgIpc) is 2.96. The Bertz CT molecular complexity index is 1530. The number of rotatable bonds is 13. The Hall–Kier alpha value is -5.40. The van der Waals surface area contributed by atoms with E-state index >= 15 is 0 Å². The van der Waals surface area contributed by atoms with Crippen LogP contribution in [0.2, 0.25) is 0 Å². The number of hydrogen-bond donors (Lipinski definition) is 1. The van der Waals surface area contributed by atoms with Gasteiger partial charge in [0.25, 0.3) is 0 Å². The molecule has 0 aliphatic heterocycles. The lowest BCUT2D eigenvalue weighted by Gasteiger charge is -2.34. The maximum absolute atomic E-state index is 12.2.